The van der Waals surface area contributed by atoms with Crippen molar-refractivity contribution in [1.29, 1.82) is 0 Å². The third-order valence-corrected chi connectivity index (χ3v) is 12.4. The number of hydrogen-bond donors (Lipinski definition) is 6. The van der Waals surface area contributed by atoms with E-state index in [1.165, 1.54) is 0 Å². The van der Waals surface area contributed by atoms with Crippen molar-refractivity contribution in [2.45, 2.75) is 76.3 Å². The normalized spacial score (nSPS) is 21.5. The van der Waals surface area contributed by atoms with E-state index in [1.54, 1.807) is 37.5 Å². The minimum atomic E-state index is -1.27. The maximum atomic E-state index is 13.9. The number of carbonyl (C=O) groups is 4. The fraction of sp³-hybridized carbons (Fsp3) is 0.455. The van der Waals surface area contributed by atoms with E-state index in [2.05, 4.69) is 20.6 Å². The lowest BCUT2D eigenvalue weighted by Gasteiger charge is -2.29. The third kappa shape index (κ3) is 7.71. The minimum Gasteiger partial charge on any atom is -0.465 e. The lowest BCUT2D eigenvalue weighted by molar-refractivity contribution is -0.153. The van der Waals surface area contributed by atoms with Gasteiger partial charge < -0.3 is 59.6 Å². The van der Waals surface area contributed by atoms with E-state index >= 15 is 0 Å². The molecule has 4 fully saturated rings. The molecule has 326 valence electrons. The van der Waals surface area contributed by atoms with Crippen molar-refractivity contribution in [3.63, 3.8) is 0 Å². The second kappa shape index (κ2) is 16.0. The summed E-state index contributed by atoms with van der Waals surface area (Å²) in [5, 5.41) is 23.7. The average Bonchev–Trinajstić information content (AvgIpc) is 4.12. The van der Waals surface area contributed by atoms with E-state index in [9.17, 15) is 29.4 Å². The fourth-order valence-electron chi connectivity index (χ4n) is 9.27. The molecule has 18 nitrogen and oxygen atoms in total. The third-order valence-electron chi connectivity index (χ3n) is 12.4. The predicted molar refractivity (Wildman–Crippen MR) is 224 cm³/mol. The molecule has 18 heteroatoms. The number of likely N-dealkylation sites (tertiary alicyclic amines) is 2. The van der Waals surface area contributed by atoms with Crippen LogP contribution in [0.1, 0.15) is 64.3 Å². The number of rotatable bonds is 10. The van der Waals surface area contributed by atoms with E-state index < -0.39 is 47.9 Å². The predicted octanol–water partition coefficient (Wildman–Crippen LogP) is 5.39. The first-order valence-corrected chi connectivity index (χ1v) is 21.0. The molecule has 0 unspecified atom stereocenters. The fourth-order valence-corrected chi connectivity index (χ4v) is 9.27. The number of H-pyrrole nitrogens is 2. The Morgan fingerprint density at radius 1 is 0.613 bits per heavy atom. The van der Waals surface area contributed by atoms with Crippen molar-refractivity contribution in [1.82, 2.24) is 40.4 Å². The molecule has 4 aliphatic heterocycles. The number of nitrogens with one attached hydrogen (secondary N) is 4. The number of amides is 4. The molecule has 4 saturated heterocycles. The van der Waals surface area contributed by atoms with Gasteiger partial charge in [0.15, 0.2) is 11.6 Å². The largest absolute Gasteiger partial charge is 0.465 e. The number of nitrogens with zero attached hydrogens (tertiary/aromatic N) is 4. The molecule has 0 aliphatic carbocycles. The Morgan fingerprint density at radius 3 is 1.31 bits per heavy atom. The first kappa shape index (κ1) is 41.3. The Labute approximate surface area is 356 Å². The number of aromatic nitrogens is 4. The standard InChI is InChI=1S/C44H50N8O10/c1-23(2)35(49-41(55)56)39(53)51-21-43(59-13-14-60-43)19-33(51)37-45-29-11-9-27(17-31(29)47-37)25-5-7-26(8-6-25)28-10-12-30-32(18-28)48-38(46-30)34-20-44(61-15-16-62-44)22-52(34)40(54)36(24(3)4)50-42(57)58/h5-12,17-18,23-24,33-36,49-50H,13-16,19-22H2,1-4H3,(H,45,47)(H,46,48)(H,55,56)(H,57,58)/t33-,34-,35-,36-/m0/s1. The maximum Gasteiger partial charge on any atom is 0.405 e. The Balaban J connectivity index is 0.949. The number of carboxylic acid groups (broad SMARTS) is 2. The Morgan fingerprint density at radius 2 is 0.968 bits per heavy atom. The van der Waals surface area contributed by atoms with Crippen LogP contribution < -0.4 is 10.6 Å². The lowest BCUT2D eigenvalue weighted by Crippen LogP contribution is -2.51. The van der Waals surface area contributed by atoms with Gasteiger partial charge in [-0.15, -0.1) is 0 Å². The summed E-state index contributed by atoms with van der Waals surface area (Å²) in [5.74, 6) is -2.14. The molecule has 9 rings (SSSR count). The van der Waals surface area contributed by atoms with Gasteiger partial charge in [0.05, 0.1) is 73.7 Å². The molecule has 4 amide bonds. The van der Waals surface area contributed by atoms with Crippen molar-refractivity contribution in [3.8, 4) is 22.3 Å². The highest BCUT2D eigenvalue weighted by Crippen LogP contribution is 2.44. The number of carbonyl (C=O) groups excluding carboxylic acids is 2. The van der Waals surface area contributed by atoms with Gasteiger partial charge in [0.1, 0.15) is 23.7 Å². The van der Waals surface area contributed by atoms with Gasteiger partial charge >= 0.3 is 12.2 Å². The first-order chi connectivity index (χ1) is 29.7. The van der Waals surface area contributed by atoms with Gasteiger partial charge in [0.2, 0.25) is 11.8 Å². The number of ether oxygens (including phenoxy) is 4. The van der Waals surface area contributed by atoms with Gasteiger partial charge in [-0.1, -0.05) is 64.1 Å². The molecule has 6 N–H and O–H groups in total. The van der Waals surface area contributed by atoms with Crippen molar-refractivity contribution in [2.75, 3.05) is 39.5 Å². The van der Waals surface area contributed by atoms with Crippen LogP contribution in [0.2, 0.25) is 0 Å². The van der Waals surface area contributed by atoms with Gasteiger partial charge in [0, 0.05) is 12.8 Å². The zero-order chi connectivity index (χ0) is 43.5. The molecule has 62 heavy (non-hydrogen) atoms. The van der Waals surface area contributed by atoms with Crippen molar-refractivity contribution < 1.29 is 48.3 Å². The molecular weight excluding hydrogens is 801 g/mol. The van der Waals surface area contributed by atoms with Crippen LogP contribution in [0.15, 0.2) is 60.7 Å². The SMILES string of the molecule is CC(C)[C@H](NC(=O)O)C(=O)N1CC2(C[C@H]1c1nc3cc(-c4ccc(-c5ccc6[nH]c([C@@H]7CC8(CN7C(=O)[C@@H](NC(=O)O)C(C)C)OCCO8)nc6c5)cc4)ccc3[nH]1)OCCO2. The van der Waals surface area contributed by atoms with Crippen LogP contribution in [-0.4, -0.2) is 127 Å². The summed E-state index contributed by atoms with van der Waals surface area (Å²) in [7, 11) is 0. The first-order valence-electron chi connectivity index (χ1n) is 21.0. The van der Waals surface area contributed by atoms with E-state index in [4.69, 9.17) is 28.9 Å². The zero-order valence-electron chi connectivity index (χ0n) is 34.8. The summed E-state index contributed by atoms with van der Waals surface area (Å²) in [4.78, 5) is 71.0. The topological polar surface area (TPSA) is 234 Å². The van der Waals surface area contributed by atoms with Crippen molar-refractivity contribution in [3.05, 3.63) is 72.3 Å². The van der Waals surface area contributed by atoms with Crippen molar-refractivity contribution in [2.24, 2.45) is 11.8 Å². The van der Waals surface area contributed by atoms with Crippen LogP contribution >= 0.6 is 0 Å². The Hall–Kier alpha value is -6.08. The van der Waals surface area contributed by atoms with Crippen LogP contribution in [0.3, 0.4) is 0 Å². The van der Waals surface area contributed by atoms with Crippen LogP contribution in [0.5, 0.6) is 0 Å². The molecular formula is C44H50N8O10. The summed E-state index contributed by atoms with van der Waals surface area (Å²) in [5.41, 5.74) is 6.84. The van der Waals surface area contributed by atoms with E-state index in [0.717, 1.165) is 33.3 Å². The molecule has 0 radical (unpaired) electrons. The molecule has 4 aliphatic rings. The number of fused-ring (bicyclic) bond motifs is 2. The van der Waals surface area contributed by atoms with Crippen LogP contribution in [0, 0.1) is 11.8 Å². The number of imidazole rings is 2. The second-order valence-corrected chi connectivity index (χ2v) is 17.2. The smallest absolute Gasteiger partial charge is 0.405 e. The molecule has 6 heterocycles. The molecule has 5 aromatic rings. The summed E-state index contributed by atoms with van der Waals surface area (Å²) in [6.07, 6.45) is -1.83. The molecule has 2 spiro atoms. The summed E-state index contributed by atoms with van der Waals surface area (Å²) in [6.45, 7) is 9.12. The molecule has 2 aromatic heterocycles. The van der Waals surface area contributed by atoms with Crippen LogP contribution in [0.4, 0.5) is 9.59 Å². The van der Waals surface area contributed by atoms with E-state index in [-0.39, 0.29) is 36.7 Å². The lowest BCUT2D eigenvalue weighted by atomic mass is 10.00. The molecule has 0 saturated carbocycles. The summed E-state index contributed by atoms with van der Waals surface area (Å²) in [6, 6.07) is 17.1. The summed E-state index contributed by atoms with van der Waals surface area (Å²) >= 11 is 0. The van der Waals surface area contributed by atoms with Gasteiger partial charge in [-0.2, -0.15) is 0 Å². The van der Waals surface area contributed by atoms with Gasteiger partial charge in [-0.3, -0.25) is 9.59 Å². The molecule has 3 aromatic carbocycles. The maximum absolute atomic E-state index is 13.9. The summed E-state index contributed by atoms with van der Waals surface area (Å²) < 4.78 is 24.0. The molecule has 0 bridgehead atoms. The highest BCUT2D eigenvalue weighted by Gasteiger charge is 2.54. The zero-order valence-corrected chi connectivity index (χ0v) is 34.8. The highest BCUT2D eigenvalue weighted by atomic mass is 16.7. The number of hydrogen-bond acceptors (Lipinski definition) is 10. The van der Waals surface area contributed by atoms with E-state index in [0.29, 0.717) is 62.0 Å². The second-order valence-electron chi connectivity index (χ2n) is 17.2. The van der Waals surface area contributed by atoms with Crippen LogP contribution in [0.25, 0.3) is 44.3 Å². The monoisotopic (exact) mass is 850 g/mol. The quantitative estimate of drug-likeness (QED) is 0.104. The number of aromatic amines is 2. The Kier molecular flexibility index (Phi) is 10.6. The van der Waals surface area contributed by atoms with Gasteiger partial charge in [-0.05, 0) is 58.4 Å². The van der Waals surface area contributed by atoms with Gasteiger partial charge in [-0.25, -0.2) is 19.6 Å². The minimum absolute atomic E-state index is 0.155. The highest BCUT2D eigenvalue weighted by molar-refractivity contribution is 5.88. The van der Waals surface area contributed by atoms with E-state index in [1.807, 2.05) is 60.7 Å². The van der Waals surface area contributed by atoms with Crippen molar-refractivity contribution >= 4 is 46.1 Å². The van der Waals surface area contributed by atoms with Gasteiger partial charge in [0.25, 0.3) is 0 Å². The van der Waals surface area contributed by atoms with Crippen LogP contribution in [-0.2, 0) is 28.5 Å². The average molecular weight is 851 g/mol. The Bertz CT molecular complexity index is 2350. The number of benzene rings is 3. The molecule has 4 atom stereocenters.